The Bertz CT molecular complexity index is 764. The van der Waals surface area contributed by atoms with E-state index in [0.29, 0.717) is 34.2 Å². The first-order valence-corrected chi connectivity index (χ1v) is 6.94. The van der Waals surface area contributed by atoms with Crippen LogP contribution in [0.2, 0.25) is 0 Å². The van der Waals surface area contributed by atoms with Crippen molar-refractivity contribution in [3.8, 4) is 5.75 Å². The lowest BCUT2D eigenvalue weighted by Crippen LogP contribution is -2.34. The maximum absolute atomic E-state index is 12.2. The third-order valence-electron chi connectivity index (χ3n) is 3.45. The van der Waals surface area contributed by atoms with Gasteiger partial charge in [-0.25, -0.2) is 0 Å². The highest BCUT2D eigenvalue weighted by molar-refractivity contribution is 6.06. The maximum Gasteiger partial charge on any atom is 0.265 e. The Morgan fingerprint density at radius 2 is 2.05 bits per heavy atom. The Balaban J connectivity index is 1.82. The van der Waals surface area contributed by atoms with Gasteiger partial charge in [-0.3, -0.25) is 9.59 Å². The van der Waals surface area contributed by atoms with E-state index in [1.54, 1.807) is 45.0 Å². The Labute approximate surface area is 127 Å². The van der Waals surface area contributed by atoms with Gasteiger partial charge >= 0.3 is 0 Å². The lowest BCUT2D eigenvalue weighted by Gasteiger charge is -2.23. The molecule has 0 fully saturated rings. The fourth-order valence-corrected chi connectivity index (χ4v) is 2.34. The van der Waals surface area contributed by atoms with E-state index in [1.165, 1.54) is 0 Å². The molecule has 1 aromatic heterocycles. The van der Waals surface area contributed by atoms with Crippen LogP contribution in [0.25, 0.3) is 0 Å². The lowest BCUT2D eigenvalue weighted by molar-refractivity contribution is -0.122. The van der Waals surface area contributed by atoms with Crippen LogP contribution in [0.1, 0.15) is 28.8 Å². The Morgan fingerprint density at radius 3 is 2.73 bits per heavy atom. The van der Waals surface area contributed by atoms with Crippen molar-refractivity contribution in [2.24, 2.45) is 0 Å². The summed E-state index contributed by atoms with van der Waals surface area (Å²) < 4.78 is 10.8. The summed E-state index contributed by atoms with van der Waals surface area (Å²) in [5.41, 5.74) is 1.60. The standard InChI is InChI=1S/C16H16N2O4/c1-8-6-12(9(2)21-8)16(20)17-11-4-5-14-13(7-11)18-15(19)10(3)22-14/h4-7,10H,1-3H3,(H,17,20)(H,18,19)/t10-/m0/s1. The number of hydrogen-bond donors (Lipinski definition) is 2. The molecule has 3 rings (SSSR count). The summed E-state index contributed by atoms with van der Waals surface area (Å²) in [5, 5.41) is 5.53. The largest absolute Gasteiger partial charge is 0.479 e. The first kappa shape index (κ1) is 14.2. The first-order valence-electron chi connectivity index (χ1n) is 6.94. The summed E-state index contributed by atoms with van der Waals surface area (Å²) in [6.07, 6.45) is -0.524. The molecule has 2 aromatic rings. The van der Waals surface area contributed by atoms with Crippen molar-refractivity contribution < 1.29 is 18.7 Å². The number of amides is 2. The minimum absolute atomic E-state index is 0.211. The molecule has 2 N–H and O–H groups in total. The average molecular weight is 300 g/mol. The molecule has 2 heterocycles. The molecule has 0 saturated carbocycles. The van der Waals surface area contributed by atoms with Crippen molar-refractivity contribution in [2.75, 3.05) is 10.6 Å². The Kier molecular flexibility index (Phi) is 3.36. The molecule has 114 valence electrons. The van der Waals surface area contributed by atoms with Crippen LogP contribution in [0.3, 0.4) is 0 Å². The zero-order valence-corrected chi connectivity index (χ0v) is 12.5. The molecule has 0 saturated heterocycles. The van der Waals surface area contributed by atoms with Crippen molar-refractivity contribution in [1.82, 2.24) is 0 Å². The van der Waals surface area contributed by atoms with Gasteiger partial charge in [0.25, 0.3) is 11.8 Å². The maximum atomic E-state index is 12.2. The van der Waals surface area contributed by atoms with Crippen molar-refractivity contribution in [3.05, 3.63) is 41.3 Å². The van der Waals surface area contributed by atoms with Crippen LogP contribution in [0, 0.1) is 13.8 Å². The van der Waals surface area contributed by atoms with E-state index in [0.717, 1.165) is 0 Å². The zero-order chi connectivity index (χ0) is 15.9. The van der Waals surface area contributed by atoms with Gasteiger partial charge in [-0.15, -0.1) is 0 Å². The van der Waals surface area contributed by atoms with E-state index in [1.807, 2.05) is 0 Å². The SMILES string of the molecule is Cc1cc(C(=O)Nc2ccc3c(c2)NC(=O)[C@H](C)O3)c(C)o1. The predicted octanol–water partition coefficient (Wildman–Crippen LogP) is 2.87. The minimum Gasteiger partial charge on any atom is -0.479 e. The normalized spacial score (nSPS) is 16.5. The molecule has 22 heavy (non-hydrogen) atoms. The molecule has 1 aliphatic rings. The molecule has 0 aliphatic carbocycles. The molecule has 0 spiro atoms. The summed E-state index contributed by atoms with van der Waals surface area (Å²) in [6.45, 7) is 5.21. The Morgan fingerprint density at radius 1 is 1.27 bits per heavy atom. The number of rotatable bonds is 2. The van der Waals surface area contributed by atoms with Crippen LogP contribution in [0.5, 0.6) is 5.75 Å². The van der Waals surface area contributed by atoms with E-state index in [-0.39, 0.29) is 11.8 Å². The Hall–Kier alpha value is -2.76. The average Bonchev–Trinajstić information content (AvgIpc) is 2.79. The van der Waals surface area contributed by atoms with Crippen LogP contribution >= 0.6 is 0 Å². The number of furan rings is 1. The number of fused-ring (bicyclic) bond motifs is 1. The van der Waals surface area contributed by atoms with E-state index >= 15 is 0 Å². The molecular weight excluding hydrogens is 284 g/mol. The number of nitrogens with one attached hydrogen (secondary N) is 2. The highest BCUT2D eigenvalue weighted by Crippen LogP contribution is 2.32. The summed E-state index contributed by atoms with van der Waals surface area (Å²) in [4.78, 5) is 23.9. The second kappa shape index (κ2) is 5.22. The third kappa shape index (κ3) is 2.55. The molecule has 0 bridgehead atoms. The van der Waals surface area contributed by atoms with Crippen LogP contribution < -0.4 is 15.4 Å². The number of carbonyl (C=O) groups excluding carboxylic acids is 2. The summed E-state index contributed by atoms with van der Waals surface area (Å²) in [7, 11) is 0. The fraction of sp³-hybridized carbons (Fsp3) is 0.250. The highest BCUT2D eigenvalue weighted by atomic mass is 16.5. The number of carbonyl (C=O) groups is 2. The van der Waals surface area contributed by atoms with E-state index in [9.17, 15) is 9.59 Å². The van der Waals surface area contributed by atoms with Crippen molar-refractivity contribution in [2.45, 2.75) is 26.9 Å². The molecular formula is C16H16N2O4. The molecule has 0 unspecified atom stereocenters. The van der Waals surface area contributed by atoms with Crippen molar-refractivity contribution >= 4 is 23.2 Å². The number of hydrogen-bond acceptors (Lipinski definition) is 4. The fourth-order valence-electron chi connectivity index (χ4n) is 2.34. The molecule has 1 aromatic carbocycles. The minimum atomic E-state index is -0.524. The van der Waals surface area contributed by atoms with Gasteiger partial charge in [0, 0.05) is 5.69 Å². The van der Waals surface area contributed by atoms with Gasteiger partial charge in [0.05, 0.1) is 11.3 Å². The summed E-state index contributed by atoms with van der Waals surface area (Å²) in [5.74, 6) is 1.37. The predicted molar refractivity (Wildman–Crippen MR) is 81.3 cm³/mol. The number of ether oxygens (including phenoxy) is 1. The monoisotopic (exact) mass is 300 g/mol. The molecule has 1 atom stereocenters. The molecule has 6 nitrogen and oxygen atoms in total. The highest BCUT2D eigenvalue weighted by Gasteiger charge is 2.24. The molecule has 1 aliphatic heterocycles. The van der Waals surface area contributed by atoms with Gasteiger partial charge in [0.15, 0.2) is 6.10 Å². The third-order valence-corrected chi connectivity index (χ3v) is 3.45. The summed E-state index contributed by atoms with van der Waals surface area (Å²) in [6, 6.07) is 6.80. The molecule has 6 heteroatoms. The van der Waals surface area contributed by atoms with Crippen LogP contribution in [-0.4, -0.2) is 17.9 Å². The van der Waals surface area contributed by atoms with Gasteiger partial charge in [0.1, 0.15) is 17.3 Å². The first-order chi connectivity index (χ1) is 10.4. The lowest BCUT2D eigenvalue weighted by atomic mass is 10.2. The quantitative estimate of drug-likeness (QED) is 0.893. The van der Waals surface area contributed by atoms with Crippen LogP contribution in [-0.2, 0) is 4.79 Å². The number of aryl methyl sites for hydroxylation is 2. The van der Waals surface area contributed by atoms with Gasteiger partial charge in [0.2, 0.25) is 0 Å². The molecule has 0 radical (unpaired) electrons. The van der Waals surface area contributed by atoms with Gasteiger partial charge < -0.3 is 19.8 Å². The van der Waals surface area contributed by atoms with Gasteiger partial charge in [-0.2, -0.15) is 0 Å². The van der Waals surface area contributed by atoms with E-state index in [2.05, 4.69) is 10.6 Å². The van der Waals surface area contributed by atoms with Crippen LogP contribution in [0.4, 0.5) is 11.4 Å². The smallest absolute Gasteiger partial charge is 0.265 e. The summed E-state index contributed by atoms with van der Waals surface area (Å²) >= 11 is 0. The van der Waals surface area contributed by atoms with Crippen molar-refractivity contribution in [1.29, 1.82) is 0 Å². The van der Waals surface area contributed by atoms with Gasteiger partial charge in [-0.05, 0) is 45.0 Å². The number of benzene rings is 1. The topological polar surface area (TPSA) is 80.6 Å². The van der Waals surface area contributed by atoms with Crippen molar-refractivity contribution in [3.63, 3.8) is 0 Å². The van der Waals surface area contributed by atoms with E-state index < -0.39 is 6.10 Å². The van der Waals surface area contributed by atoms with Gasteiger partial charge in [-0.1, -0.05) is 0 Å². The molecule has 2 amide bonds. The second-order valence-electron chi connectivity index (χ2n) is 5.24. The number of anilines is 2. The van der Waals surface area contributed by atoms with E-state index in [4.69, 9.17) is 9.15 Å². The van der Waals surface area contributed by atoms with Crippen LogP contribution in [0.15, 0.2) is 28.7 Å². The zero-order valence-electron chi connectivity index (χ0n) is 12.5. The second-order valence-corrected chi connectivity index (χ2v) is 5.24.